The third kappa shape index (κ3) is 3.07. The number of fused-ring (bicyclic) bond motifs is 1. The molecule has 144 valence electrons. The molecule has 0 amide bonds. The maximum absolute atomic E-state index is 13.2. The number of hydrogen-bond donors (Lipinski definition) is 1. The standard InChI is InChI=1S/C23H31N3O/c1-2-3-6-9-26-20-8-5-4-7-19(20)21(27)22(25-26)24-23-13-16-10-17(14-23)12-18(11-16)15-23/h4-5,7-8,16-18H,2-3,6,9-15H2,1H3,(H,24,25). The van der Waals surface area contributed by atoms with Crippen LogP contribution in [0.2, 0.25) is 0 Å². The largest absolute Gasteiger partial charge is 0.360 e. The van der Waals surface area contributed by atoms with E-state index in [4.69, 9.17) is 5.10 Å². The maximum atomic E-state index is 13.2. The first-order valence-corrected chi connectivity index (χ1v) is 10.9. The summed E-state index contributed by atoms with van der Waals surface area (Å²) in [6.07, 6.45) is 11.4. The molecule has 4 aliphatic carbocycles. The van der Waals surface area contributed by atoms with Crippen molar-refractivity contribution in [3.05, 3.63) is 34.5 Å². The van der Waals surface area contributed by atoms with Crippen LogP contribution in [0.5, 0.6) is 0 Å². The molecule has 0 unspecified atom stereocenters. The van der Waals surface area contributed by atoms with E-state index in [-0.39, 0.29) is 11.0 Å². The van der Waals surface area contributed by atoms with Gasteiger partial charge in [0.1, 0.15) is 0 Å². The number of rotatable bonds is 6. The molecular weight excluding hydrogens is 334 g/mol. The zero-order chi connectivity index (χ0) is 18.4. The Morgan fingerprint density at radius 1 is 1.07 bits per heavy atom. The average molecular weight is 366 g/mol. The first-order valence-electron chi connectivity index (χ1n) is 10.9. The molecular formula is C23H31N3O. The molecule has 4 nitrogen and oxygen atoms in total. The van der Waals surface area contributed by atoms with Gasteiger partial charge in [0.05, 0.1) is 10.9 Å². The Labute approximate surface area is 161 Å². The quantitative estimate of drug-likeness (QED) is 0.735. The highest BCUT2D eigenvalue weighted by atomic mass is 16.1. The van der Waals surface area contributed by atoms with Gasteiger partial charge in [-0.15, -0.1) is 0 Å². The Hall–Kier alpha value is -1.84. The second-order valence-electron chi connectivity index (χ2n) is 9.45. The monoisotopic (exact) mass is 365 g/mol. The molecule has 1 heterocycles. The van der Waals surface area contributed by atoms with Gasteiger partial charge in [0.2, 0.25) is 5.43 Å². The number of nitrogens with zero attached hydrogens (tertiary/aromatic N) is 2. The molecule has 6 rings (SSSR count). The smallest absolute Gasteiger partial charge is 0.231 e. The van der Waals surface area contributed by atoms with Crippen LogP contribution in [0.25, 0.3) is 10.9 Å². The van der Waals surface area contributed by atoms with Crippen LogP contribution in [0.3, 0.4) is 0 Å². The van der Waals surface area contributed by atoms with Gasteiger partial charge in [0, 0.05) is 12.1 Å². The first-order chi connectivity index (χ1) is 13.2. The summed E-state index contributed by atoms with van der Waals surface area (Å²) < 4.78 is 2.06. The van der Waals surface area contributed by atoms with Crippen LogP contribution in [0, 0.1) is 17.8 Å². The first kappa shape index (κ1) is 17.3. The fraction of sp³-hybridized carbons (Fsp3) is 0.652. The second-order valence-corrected chi connectivity index (χ2v) is 9.45. The molecule has 1 aromatic heterocycles. The van der Waals surface area contributed by atoms with E-state index in [1.54, 1.807) is 0 Å². The van der Waals surface area contributed by atoms with Gasteiger partial charge in [-0.25, -0.2) is 0 Å². The van der Waals surface area contributed by atoms with Crippen molar-refractivity contribution >= 4 is 16.7 Å². The summed E-state index contributed by atoms with van der Waals surface area (Å²) in [5.74, 6) is 3.16. The van der Waals surface area contributed by atoms with E-state index < -0.39 is 0 Å². The zero-order valence-corrected chi connectivity index (χ0v) is 16.4. The Kier molecular flexibility index (Phi) is 4.25. The molecule has 0 spiro atoms. The highest BCUT2D eigenvalue weighted by Gasteiger charge is 2.51. The van der Waals surface area contributed by atoms with Gasteiger partial charge in [0.25, 0.3) is 0 Å². The molecule has 4 aliphatic rings. The number of para-hydroxylation sites is 1. The van der Waals surface area contributed by atoms with Gasteiger partial charge in [-0.05, 0) is 74.8 Å². The zero-order valence-electron chi connectivity index (χ0n) is 16.4. The summed E-state index contributed by atoms with van der Waals surface area (Å²) in [7, 11) is 0. The van der Waals surface area contributed by atoms with E-state index in [1.807, 2.05) is 24.3 Å². The molecule has 4 bridgehead atoms. The minimum absolute atomic E-state index is 0.0769. The van der Waals surface area contributed by atoms with Crippen molar-refractivity contribution < 1.29 is 0 Å². The number of aryl methyl sites for hydroxylation is 1. The summed E-state index contributed by atoms with van der Waals surface area (Å²) in [5, 5.41) is 9.38. The fourth-order valence-corrected chi connectivity index (χ4v) is 6.52. The van der Waals surface area contributed by atoms with Crippen LogP contribution in [0.15, 0.2) is 29.1 Å². The van der Waals surface area contributed by atoms with Crippen LogP contribution in [0.1, 0.15) is 64.7 Å². The lowest BCUT2D eigenvalue weighted by molar-refractivity contribution is 0.0104. The van der Waals surface area contributed by atoms with Crippen LogP contribution in [-0.2, 0) is 6.54 Å². The van der Waals surface area contributed by atoms with Gasteiger partial charge < -0.3 is 5.32 Å². The van der Waals surface area contributed by atoms with Crippen LogP contribution < -0.4 is 10.7 Å². The fourth-order valence-electron chi connectivity index (χ4n) is 6.52. The Bertz CT molecular complexity index is 865. The van der Waals surface area contributed by atoms with E-state index in [0.29, 0.717) is 5.82 Å². The van der Waals surface area contributed by atoms with E-state index in [1.165, 1.54) is 51.4 Å². The molecule has 4 saturated carbocycles. The Balaban J connectivity index is 1.51. The van der Waals surface area contributed by atoms with Crippen molar-refractivity contribution in [1.82, 2.24) is 9.78 Å². The number of benzene rings is 1. The summed E-state index contributed by atoms with van der Waals surface area (Å²) >= 11 is 0. The molecule has 4 fully saturated rings. The molecule has 0 saturated heterocycles. The molecule has 1 N–H and O–H groups in total. The number of nitrogens with one attached hydrogen (secondary N) is 1. The van der Waals surface area contributed by atoms with Gasteiger partial charge in [-0.3, -0.25) is 9.48 Å². The number of hydrogen-bond acceptors (Lipinski definition) is 3. The van der Waals surface area contributed by atoms with Crippen molar-refractivity contribution in [1.29, 1.82) is 0 Å². The molecule has 4 heteroatoms. The number of aromatic nitrogens is 2. The molecule has 0 aliphatic heterocycles. The van der Waals surface area contributed by atoms with Crippen molar-refractivity contribution in [3.63, 3.8) is 0 Å². The second kappa shape index (κ2) is 6.65. The van der Waals surface area contributed by atoms with E-state index in [2.05, 4.69) is 16.9 Å². The maximum Gasteiger partial charge on any atom is 0.231 e. The lowest BCUT2D eigenvalue weighted by Gasteiger charge is -2.57. The van der Waals surface area contributed by atoms with Gasteiger partial charge >= 0.3 is 0 Å². The summed E-state index contributed by atoms with van der Waals surface area (Å²) in [6, 6.07) is 7.96. The highest BCUT2D eigenvalue weighted by Crippen LogP contribution is 2.56. The number of unbranched alkanes of at least 4 members (excludes halogenated alkanes) is 2. The van der Waals surface area contributed by atoms with Crippen LogP contribution >= 0.6 is 0 Å². The molecule has 2 aromatic rings. The van der Waals surface area contributed by atoms with Gasteiger partial charge in [-0.1, -0.05) is 31.9 Å². The minimum Gasteiger partial charge on any atom is -0.360 e. The van der Waals surface area contributed by atoms with Crippen molar-refractivity contribution in [3.8, 4) is 0 Å². The van der Waals surface area contributed by atoms with E-state index in [0.717, 1.165) is 41.6 Å². The van der Waals surface area contributed by atoms with Gasteiger partial charge in [0.15, 0.2) is 5.82 Å². The predicted molar refractivity (Wildman–Crippen MR) is 110 cm³/mol. The summed E-state index contributed by atoms with van der Waals surface area (Å²) in [5.41, 5.74) is 1.16. The normalized spacial score (nSPS) is 31.5. The topological polar surface area (TPSA) is 46.9 Å². The van der Waals surface area contributed by atoms with Crippen molar-refractivity contribution in [2.75, 3.05) is 5.32 Å². The van der Waals surface area contributed by atoms with E-state index >= 15 is 0 Å². The highest BCUT2D eigenvalue weighted by molar-refractivity contribution is 5.80. The third-order valence-electron chi connectivity index (χ3n) is 7.26. The molecule has 1 aromatic carbocycles. The molecule has 0 atom stereocenters. The predicted octanol–water partition coefficient (Wildman–Crippen LogP) is 4.97. The third-order valence-corrected chi connectivity index (χ3v) is 7.26. The average Bonchev–Trinajstić information content (AvgIpc) is 2.64. The Morgan fingerprint density at radius 3 is 2.41 bits per heavy atom. The van der Waals surface area contributed by atoms with Crippen LogP contribution in [0.4, 0.5) is 5.82 Å². The molecule has 0 radical (unpaired) electrons. The summed E-state index contributed by atoms with van der Waals surface area (Å²) in [6.45, 7) is 3.10. The van der Waals surface area contributed by atoms with Crippen LogP contribution in [-0.4, -0.2) is 15.3 Å². The van der Waals surface area contributed by atoms with Crippen molar-refractivity contribution in [2.24, 2.45) is 17.8 Å². The lowest BCUT2D eigenvalue weighted by Crippen LogP contribution is -2.55. The minimum atomic E-state index is 0.0769. The number of anilines is 1. The summed E-state index contributed by atoms with van der Waals surface area (Å²) in [4.78, 5) is 13.2. The van der Waals surface area contributed by atoms with E-state index in [9.17, 15) is 4.79 Å². The van der Waals surface area contributed by atoms with Crippen molar-refractivity contribution in [2.45, 2.75) is 76.8 Å². The SMILES string of the molecule is CCCCCn1nc(NC23CC4CC(CC(C4)C2)C3)c(=O)c2ccccc21. The van der Waals surface area contributed by atoms with Gasteiger partial charge in [-0.2, -0.15) is 5.10 Å². The Morgan fingerprint density at radius 2 is 1.74 bits per heavy atom. The molecule has 27 heavy (non-hydrogen) atoms. The lowest BCUT2D eigenvalue weighted by atomic mass is 9.53.